The molecule has 1 aliphatic carbocycles. The van der Waals surface area contributed by atoms with Gasteiger partial charge in [0.1, 0.15) is 24.1 Å². The molecular weight excluding hydrogens is 328 g/mol. The van der Waals surface area contributed by atoms with Crippen LogP contribution in [0, 0.1) is 11.8 Å². The summed E-state index contributed by atoms with van der Waals surface area (Å²) < 4.78 is 11.7. The minimum Gasteiger partial charge on any atom is -0.493 e. The molecule has 0 bridgehead atoms. The minimum atomic E-state index is 0.573. The Morgan fingerprint density at radius 1 is 0.654 bits per heavy atom. The molecule has 0 aliphatic heterocycles. The van der Waals surface area contributed by atoms with Crippen LogP contribution in [0.1, 0.15) is 46.4 Å². The van der Waals surface area contributed by atoms with Gasteiger partial charge in [0.25, 0.3) is 0 Å². The third-order valence-corrected chi connectivity index (χ3v) is 4.97. The van der Waals surface area contributed by atoms with Crippen molar-refractivity contribution in [1.82, 2.24) is 0 Å². The molecule has 136 valence electrons. The van der Waals surface area contributed by atoms with Crippen LogP contribution in [0.2, 0.25) is 0 Å². The quantitative estimate of drug-likeness (QED) is 0.653. The molecule has 4 nitrogen and oxygen atoms in total. The summed E-state index contributed by atoms with van der Waals surface area (Å²) in [5, 5.41) is 0. The van der Waals surface area contributed by atoms with Crippen LogP contribution in [-0.2, 0) is 0 Å². The van der Waals surface area contributed by atoms with Crippen molar-refractivity contribution in [2.45, 2.75) is 25.7 Å². The van der Waals surface area contributed by atoms with Crippen molar-refractivity contribution in [2.24, 2.45) is 11.8 Å². The van der Waals surface area contributed by atoms with E-state index in [0.717, 1.165) is 63.0 Å². The lowest BCUT2D eigenvalue weighted by molar-refractivity contribution is 0.111. The van der Waals surface area contributed by atoms with E-state index in [2.05, 4.69) is 0 Å². The van der Waals surface area contributed by atoms with E-state index < -0.39 is 0 Å². The number of rotatable bonds is 8. The van der Waals surface area contributed by atoms with Crippen LogP contribution in [0.25, 0.3) is 0 Å². The van der Waals surface area contributed by atoms with E-state index >= 15 is 0 Å². The summed E-state index contributed by atoms with van der Waals surface area (Å²) in [5.74, 6) is 2.78. The van der Waals surface area contributed by atoms with Gasteiger partial charge in [-0.1, -0.05) is 0 Å². The predicted octanol–water partition coefficient (Wildman–Crippen LogP) is 4.58. The average molecular weight is 352 g/mol. The lowest BCUT2D eigenvalue weighted by atomic mass is 9.83. The van der Waals surface area contributed by atoms with Gasteiger partial charge < -0.3 is 9.47 Å². The lowest BCUT2D eigenvalue weighted by Crippen LogP contribution is -2.23. The summed E-state index contributed by atoms with van der Waals surface area (Å²) in [6.45, 7) is 1.45. The Morgan fingerprint density at radius 2 is 1.00 bits per heavy atom. The van der Waals surface area contributed by atoms with Crippen molar-refractivity contribution in [3.8, 4) is 11.5 Å². The first-order valence-electron chi connectivity index (χ1n) is 9.13. The van der Waals surface area contributed by atoms with E-state index in [9.17, 15) is 9.59 Å². The van der Waals surface area contributed by atoms with E-state index in [-0.39, 0.29) is 0 Å². The maximum Gasteiger partial charge on any atom is 0.150 e. The largest absolute Gasteiger partial charge is 0.493 e. The molecule has 0 saturated heterocycles. The van der Waals surface area contributed by atoms with E-state index in [1.54, 1.807) is 24.3 Å². The summed E-state index contributed by atoms with van der Waals surface area (Å²) in [6.07, 6.45) is 6.25. The van der Waals surface area contributed by atoms with Gasteiger partial charge in [-0.25, -0.2) is 0 Å². The second-order valence-electron chi connectivity index (χ2n) is 6.88. The van der Waals surface area contributed by atoms with Crippen LogP contribution < -0.4 is 9.47 Å². The van der Waals surface area contributed by atoms with Crippen molar-refractivity contribution in [1.29, 1.82) is 0 Å². The van der Waals surface area contributed by atoms with Crippen LogP contribution in [0.5, 0.6) is 11.5 Å². The normalized spacial score (nSPS) is 19.5. The van der Waals surface area contributed by atoms with Gasteiger partial charge in [0.2, 0.25) is 0 Å². The van der Waals surface area contributed by atoms with Gasteiger partial charge in [0, 0.05) is 11.1 Å². The summed E-state index contributed by atoms with van der Waals surface area (Å²) >= 11 is 0. The van der Waals surface area contributed by atoms with Crippen LogP contribution in [0.3, 0.4) is 0 Å². The third kappa shape index (κ3) is 5.19. The Balaban J connectivity index is 1.36. The minimum absolute atomic E-state index is 0.573. The van der Waals surface area contributed by atoms with Gasteiger partial charge >= 0.3 is 0 Å². The van der Waals surface area contributed by atoms with Crippen LogP contribution in [-0.4, -0.2) is 25.8 Å². The summed E-state index contributed by atoms with van der Waals surface area (Å²) in [5.41, 5.74) is 1.33. The van der Waals surface area contributed by atoms with Crippen molar-refractivity contribution in [2.75, 3.05) is 13.2 Å². The van der Waals surface area contributed by atoms with Crippen molar-refractivity contribution < 1.29 is 19.1 Å². The second kappa shape index (κ2) is 9.18. The second-order valence-corrected chi connectivity index (χ2v) is 6.88. The molecular formula is C22H24O4. The zero-order valence-electron chi connectivity index (χ0n) is 14.8. The number of hydrogen-bond donors (Lipinski definition) is 0. The highest BCUT2D eigenvalue weighted by molar-refractivity contribution is 5.75. The van der Waals surface area contributed by atoms with Gasteiger partial charge in [0.05, 0.1) is 13.2 Å². The molecule has 0 spiro atoms. The van der Waals surface area contributed by atoms with E-state index in [1.807, 2.05) is 24.3 Å². The molecule has 1 saturated carbocycles. The fourth-order valence-electron chi connectivity index (χ4n) is 3.28. The molecule has 0 heterocycles. The molecule has 0 aromatic heterocycles. The molecule has 0 amide bonds. The van der Waals surface area contributed by atoms with E-state index in [4.69, 9.17) is 9.47 Å². The predicted molar refractivity (Wildman–Crippen MR) is 100 cm³/mol. The molecule has 4 heteroatoms. The molecule has 1 aliphatic rings. The molecule has 3 rings (SSSR count). The SMILES string of the molecule is O=Cc1ccc(OCC2CCC(COc3ccc(C=O)cc3)CC2)cc1. The lowest BCUT2D eigenvalue weighted by Gasteiger charge is -2.28. The highest BCUT2D eigenvalue weighted by atomic mass is 16.5. The number of benzene rings is 2. The number of carbonyl (C=O) groups excluding carboxylic acids is 2. The number of ether oxygens (including phenoxy) is 2. The summed E-state index contributed by atoms with van der Waals surface area (Å²) in [4.78, 5) is 21.3. The molecule has 2 aromatic rings. The van der Waals surface area contributed by atoms with Gasteiger partial charge in [0.15, 0.2) is 0 Å². The average Bonchev–Trinajstić information content (AvgIpc) is 2.72. The fraction of sp³-hybridized carbons (Fsp3) is 0.364. The van der Waals surface area contributed by atoms with Crippen molar-refractivity contribution in [3.63, 3.8) is 0 Å². The highest BCUT2D eigenvalue weighted by Crippen LogP contribution is 2.30. The van der Waals surface area contributed by atoms with Crippen LogP contribution >= 0.6 is 0 Å². The maximum atomic E-state index is 10.7. The first-order chi connectivity index (χ1) is 12.8. The Morgan fingerprint density at radius 3 is 1.31 bits per heavy atom. The zero-order chi connectivity index (χ0) is 18.2. The van der Waals surface area contributed by atoms with Gasteiger partial charge in [-0.15, -0.1) is 0 Å². The number of aldehydes is 2. The standard InChI is InChI=1S/C22H24O4/c23-13-17-5-9-21(10-6-17)25-15-19-1-2-20(4-3-19)16-26-22-11-7-18(14-24)8-12-22/h5-14,19-20H,1-4,15-16H2. The highest BCUT2D eigenvalue weighted by Gasteiger charge is 2.22. The van der Waals surface area contributed by atoms with Gasteiger partial charge in [-0.3, -0.25) is 9.59 Å². The van der Waals surface area contributed by atoms with Crippen LogP contribution in [0.4, 0.5) is 0 Å². The molecule has 2 aromatic carbocycles. The third-order valence-electron chi connectivity index (χ3n) is 4.97. The molecule has 0 unspecified atom stereocenters. The Kier molecular flexibility index (Phi) is 6.42. The number of carbonyl (C=O) groups is 2. The maximum absolute atomic E-state index is 10.7. The van der Waals surface area contributed by atoms with Crippen molar-refractivity contribution in [3.05, 3.63) is 59.7 Å². The molecule has 0 N–H and O–H groups in total. The zero-order valence-corrected chi connectivity index (χ0v) is 14.8. The van der Waals surface area contributed by atoms with Crippen LogP contribution in [0.15, 0.2) is 48.5 Å². The first kappa shape index (κ1) is 18.2. The van der Waals surface area contributed by atoms with E-state index in [1.165, 1.54) is 0 Å². The molecule has 26 heavy (non-hydrogen) atoms. The van der Waals surface area contributed by atoms with Crippen molar-refractivity contribution >= 4 is 12.6 Å². The summed E-state index contributed by atoms with van der Waals surface area (Å²) in [7, 11) is 0. The number of hydrogen-bond acceptors (Lipinski definition) is 4. The Bertz CT molecular complexity index is 634. The molecule has 1 fully saturated rings. The molecule has 0 radical (unpaired) electrons. The summed E-state index contributed by atoms with van der Waals surface area (Å²) in [6, 6.07) is 14.5. The monoisotopic (exact) mass is 352 g/mol. The smallest absolute Gasteiger partial charge is 0.150 e. The van der Waals surface area contributed by atoms with E-state index in [0.29, 0.717) is 23.0 Å². The topological polar surface area (TPSA) is 52.6 Å². The first-order valence-corrected chi connectivity index (χ1v) is 9.13. The molecule has 0 atom stereocenters. The Hall–Kier alpha value is -2.62. The van der Waals surface area contributed by atoms with Gasteiger partial charge in [-0.05, 0) is 86.1 Å². The van der Waals surface area contributed by atoms with Gasteiger partial charge in [-0.2, -0.15) is 0 Å². The Labute approximate surface area is 154 Å². The fourth-order valence-corrected chi connectivity index (χ4v) is 3.28.